The Hall–Kier alpha value is -0.0831. The summed E-state index contributed by atoms with van der Waals surface area (Å²) in [5.41, 5.74) is 0. The molecule has 0 saturated carbocycles. The van der Waals surface area contributed by atoms with E-state index in [1.54, 1.807) is 0 Å². The van der Waals surface area contributed by atoms with Crippen molar-refractivity contribution in [3.05, 3.63) is 12.2 Å². The average molecular weight is 297 g/mol. The van der Waals surface area contributed by atoms with Gasteiger partial charge in [-0.15, -0.1) is 0 Å². The fraction of sp³-hybridized carbons (Fsp3) is 0.889. The summed E-state index contributed by atoms with van der Waals surface area (Å²) in [6, 6.07) is 0. The van der Waals surface area contributed by atoms with Gasteiger partial charge in [0.1, 0.15) is 0 Å². The molecule has 0 aliphatic heterocycles. The molecule has 2 heteroatoms. The monoisotopic (exact) mass is 296 g/mol. The fourth-order valence-corrected chi connectivity index (χ4v) is 3.80. The Morgan fingerprint density at radius 1 is 0.900 bits per heavy atom. The molecule has 0 aromatic rings. The summed E-state index contributed by atoms with van der Waals surface area (Å²) in [6.07, 6.45) is 17.3. The quantitative estimate of drug-likeness (QED) is 0.420. The second kappa shape index (κ2) is 8.38. The molecule has 0 bridgehead atoms. The molecule has 1 aliphatic carbocycles. The van der Waals surface area contributed by atoms with Crippen molar-refractivity contribution in [3.63, 3.8) is 0 Å². The van der Waals surface area contributed by atoms with Crippen LogP contribution in [0.3, 0.4) is 0 Å². The predicted molar refractivity (Wildman–Crippen MR) is 92.8 cm³/mol. The third-order valence-corrected chi connectivity index (χ3v) is 9.47. The van der Waals surface area contributed by atoms with E-state index in [-0.39, 0.29) is 0 Å². The second-order valence-corrected chi connectivity index (χ2v) is 12.7. The van der Waals surface area contributed by atoms with Crippen LogP contribution in [0, 0.1) is 0 Å². The fourth-order valence-electron chi connectivity index (χ4n) is 2.49. The topological polar surface area (TPSA) is 9.23 Å². The van der Waals surface area contributed by atoms with E-state index in [9.17, 15) is 0 Å². The van der Waals surface area contributed by atoms with Gasteiger partial charge in [0.15, 0.2) is 8.32 Å². The van der Waals surface area contributed by atoms with Crippen LogP contribution in [-0.4, -0.2) is 14.4 Å². The lowest BCUT2D eigenvalue weighted by atomic mass is 10.0. The summed E-state index contributed by atoms with van der Waals surface area (Å²) >= 11 is 0. The van der Waals surface area contributed by atoms with E-state index in [4.69, 9.17) is 4.43 Å². The Labute approximate surface area is 128 Å². The third kappa shape index (κ3) is 6.58. The molecular formula is C18H36OSi. The molecular weight excluding hydrogens is 260 g/mol. The first kappa shape index (κ1) is 18.0. The normalized spacial score (nSPS) is 23.9. The molecule has 0 spiro atoms. The lowest BCUT2D eigenvalue weighted by Crippen LogP contribution is -2.43. The van der Waals surface area contributed by atoms with Gasteiger partial charge in [0.05, 0.1) is 6.10 Å². The highest BCUT2D eigenvalue weighted by Gasteiger charge is 2.38. The van der Waals surface area contributed by atoms with E-state index in [0.717, 1.165) is 0 Å². The van der Waals surface area contributed by atoms with Crippen molar-refractivity contribution in [1.82, 2.24) is 0 Å². The first-order valence-electron chi connectivity index (χ1n) is 8.67. The van der Waals surface area contributed by atoms with Crippen molar-refractivity contribution < 1.29 is 4.43 Å². The maximum absolute atomic E-state index is 6.60. The summed E-state index contributed by atoms with van der Waals surface area (Å²) in [5.74, 6) is 0. The Morgan fingerprint density at radius 3 is 2.05 bits per heavy atom. The van der Waals surface area contributed by atoms with Gasteiger partial charge in [-0.05, 0) is 37.4 Å². The molecule has 1 atom stereocenters. The maximum Gasteiger partial charge on any atom is 0.192 e. The molecule has 118 valence electrons. The zero-order valence-corrected chi connectivity index (χ0v) is 15.5. The summed E-state index contributed by atoms with van der Waals surface area (Å²) in [7, 11) is -1.63. The first-order chi connectivity index (χ1) is 9.33. The van der Waals surface area contributed by atoms with Crippen LogP contribution in [0.5, 0.6) is 0 Å². The van der Waals surface area contributed by atoms with E-state index < -0.39 is 8.32 Å². The molecule has 0 aromatic heterocycles. The molecule has 1 aliphatic rings. The molecule has 20 heavy (non-hydrogen) atoms. The third-order valence-electron chi connectivity index (χ3n) is 4.96. The highest BCUT2D eigenvalue weighted by atomic mass is 28.4. The Kier molecular flexibility index (Phi) is 7.53. The van der Waals surface area contributed by atoms with E-state index in [2.05, 4.69) is 46.0 Å². The van der Waals surface area contributed by atoms with E-state index in [1.807, 2.05) is 0 Å². The molecule has 0 radical (unpaired) electrons. The van der Waals surface area contributed by atoms with Gasteiger partial charge in [-0.3, -0.25) is 0 Å². The molecule has 0 amide bonds. The predicted octanol–water partition coefficient (Wildman–Crippen LogP) is 6.46. The number of rotatable bonds is 2. The van der Waals surface area contributed by atoms with Crippen molar-refractivity contribution in [2.75, 3.05) is 0 Å². The smallest absolute Gasteiger partial charge is 0.192 e. The van der Waals surface area contributed by atoms with Gasteiger partial charge in [0, 0.05) is 0 Å². The van der Waals surface area contributed by atoms with Gasteiger partial charge in [0.25, 0.3) is 0 Å². The Morgan fingerprint density at radius 2 is 1.45 bits per heavy atom. The molecule has 0 N–H and O–H groups in total. The largest absolute Gasteiger partial charge is 0.411 e. The van der Waals surface area contributed by atoms with E-state index >= 15 is 0 Å². The Balaban J connectivity index is 2.60. The van der Waals surface area contributed by atoms with Gasteiger partial charge < -0.3 is 4.43 Å². The minimum Gasteiger partial charge on any atom is -0.411 e. The molecule has 0 heterocycles. The average Bonchev–Trinajstić information content (AvgIpc) is 2.31. The van der Waals surface area contributed by atoms with Crippen LogP contribution < -0.4 is 0 Å². The van der Waals surface area contributed by atoms with E-state index in [0.29, 0.717) is 11.1 Å². The lowest BCUT2D eigenvalue weighted by molar-refractivity contribution is 0.210. The minimum absolute atomic E-state index is 0.310. The molecule has 0 saturated heterocycles. The lowest BCUT2D eigenvalue weighted by Gasteiger charge is -2.38. The summed E-state index contributed by atoms with van der Waals surface area (Å²) in [5, 5.41) is 0.310. The van der Waals surface area contributed by atoms with Crippen molar-refractivity contribution in [3.8, 4) is 0 Å². The van der Waals surface area contributed by atoms with Gasteiger partial charge >= 0.3 is 0 Å². The van der Waals surface area contributed by atoms with Crippen LogP contribution in [0.25, 0.3) is 0 Å². The van der Waals surface area contributed by atoms with Crippen LogP contribution >= 0.6 is 0 Å². The summed E-state index contributed by atoms with van der Waals surface area (Å²) < 4.78 is 6.60. The van der Waals surface area contributed by atoms with E-state index in [1.165, 1.54) is 57.8 Å². The molecule has 0 aromatic carbocycles. The maximum atomic E-state index is 6.60. The highest BCUT2D eigenvalue weighted by Crippen LogP contribution is 2.38. The van der Waals surface area contributed by atoms with Gasteiger partial charge in [-0.25, -0.2) is 0 Å². The van der Waals surface area contributed by atoms with Gasteiger partial charge in [0.2, 0.25) is 0 Å². The number of allylic oxidation sites excluding steroid dienone is 1. The number of hydrogen-bond donors (Lipinski definition) is 0. The molecule has 1 unspecified atom stereocenters. The Bertz CT molecular complexity index is 288. The van der Waals surface area contributed by atoms with Crippen LogP contribution in [0.15, 0.2) is 12.2 Å². The van der Waals surface area contributed by atoms with Crippen LogP contribution in [0.4, 0.5) is 0 Å². The van der Waals surface area contributed by atoms with Crippen molar-refractivity contribution >= 4 is 8.32 Å². The summed E-state index contributed by atoms with van der Waals surface area (Å²) in [4.78, 5) is 0. The standard InChI is InChI=1S/C18H36OSi/c1-18(2,3)20(4,5)19-17-15-13-11-9-7-6-8-10-12-14-16-17/h13,15,17H,6-12,14,16H2,1-5H3. The highest BCUT2D eigenvalue weighted by molar-refractivity contribution is 6.74. The SMILES string of the molecule is CC(C)(C)[Si](C)(C)OC1C=CCCCCCCCCC1. The minimum atomic E-state index is -1.63. The van der Waals surface area contributed by atoms with Crippen LogP contribution in [0.2, 0.25) is 18.1 Å². The number of hydrogen-bond acceptors (Lipinski definition) is 1. The first-order valence-corrected chi connectivity index (χ1v) is 11.6. The summed E-state index contributed by atoms with van der Waals surface area (Å²) in [6.45, 7) is 11.7. The van der Waals surface area contributed by atoms with Crippen molar-refractivity contribution in [1.29, 1.82) is 0 Å². The van der Waals surface area contributed by atoms with Gasteiger partial charge in [-0.2, -0.15) is 0 Å². The zero-order valence-electron chi connectivity index (χ0n) is 14.5. The molecule has 1 nitrogen and oxygen atoms in total. The molecule has 1 rings (SSSR count). The second-order valence-electron chi connectivity index (χ2n) is 7.90. The van der Waals surface area contributed by atoms with Gasteiger partial charge in [-0.1, -0.05) is 71.4 Å². The van der Waals surface area contributed by atoms with Crippen LogP contribution in [-0.2, 0) is 4.43 Å². The van der Waals surface area contributed by atoms with Crippen molar-refractivity contribution in [2.24, 2.45) is 0 Å². The van der Waals surface area contributed by atoms with Crippen LogP contribution in [0.1, 0.15) is 78.6 Å². The van der Waals surface area contributed by atoms with Crippen molar-refractivity contribution in [2.45, 2.75) is 103 Å². The zero-order chi connectivity index (χ0) is 15.1. The molecule has 0 fully saturated rings.